The second-order valence-electron chi connectivity index (χ2n) is 5.96. The molecule has 4 heteroatoms. The lowest BCUT2D eigenvalue weighted by atomic mass is 9.84. The van der Waals surface area contributed by atoms with E-state index in [-0.39, 0.29) is 11.3 Å². The van der Waals surface area contributed by atoms with Crippen molar-refractivity contribution in [2.45, 2.75) is 65.1 Å². The van der Waals surface area contributed by atoms with Crippen molar-refractivity contribution in [3.8, 4) is 0 Å². The number of hydrogen-bond acceptors (Lipinski definition) is 3. The van der Waals surface area contributed by atoms with E-state index in [4.69, 9.17) is 5.73 Å². The van der Waals surface area contributed by atoms with Gasteiger partial charge in [-0.05, 0) is 31.1 Å². The average Bonchev–Trinajstić information content (AvgIpc) is 2.93. The minimum Gasteiger partial charge on any atom is -0.378 e. The van der Waals surface area contributed by atoms with E-state index in [1.54, 1.807) is 0 Å². The molecular weight excluding hydrogens is 216 g/mol. The Balaban J connectivity index is 2.49. The highest BCUT2D eigenvalue weighted by Crippen LogP contribution is 2.33. The van der Waals surface area contributed by atoms with Gasteiger partial charge in [-0.2, -0.15) is 0 Å². The SMILES string of the molecule is CCCN(C(O)CC(C)(C)CC(N)=O)C1CC1. The van der Waals surface area contributed by atoms with Crippen LogP contribution in [0.2, 0.25) is 0 Å². The summed E-state index contributed by atoms with van der Waals surface area (Å²) in [5.74, 6) is -0.296. The van der Waals surface area contributed by atoms with Crippen LogP contribution in [0.1, 0.15) is 52.9 Å². The molecule has 0 aromatic heterocycles. The van der Waals surface area contributed by atoms with Gasteiger partial charge in [-0.25, -0.2) is 0 Å². The summed E-state index contributed by atoms with van der Waals surface area (Å²) in [5.41, 5.74) is 5.00. The van der Waals surface area contributed by atoms with Crippen LogP contribution in [0.5, 0.6) is 0 Å². The molecule has 1 aliphatic carbocycles. The fraction of sp³-hybridized carbons (Fsp3) is 0.923. The molecule has 0 bridgehead atoms. The van der Waals surface area contributed by atoms with Gasteiger partial charge < -0.3 is 10.8 Å². The average molecular weight is 242 g/mol. The number of carbonyl (C=O) groups is 1. The number of carbonyl (C=O) groups excluding carboxylic acids is 1. The molecule has 1 saturated carbocycles. The first-order chi connectivity index (χ1) is 7.85. The lowest BCUT2D eigenvalue weighted by molar-refractivity contribution is -0.120. The minimum atomic E-state index is -0.447. The van der Waals surface area contributed by atoms with Crippen LogP contribution in [0, 0.1) is 5.41 Å². The number of amides is 1. The van der Waals surface area contributed by atoms with Crippen LogP contribution >= 0.6 is 0 Å². The maximum Gasteiger partial charge on any atom is 0.217 e. The molecule has 0 aromatic rings. The third-order valence-corrected chi connectivity index (χ3v) is 3.27. The van der Waals surface area contributed by atoms with Crippen LogP contribution in [-0.4, -0.2) is 34.7 Å². The van der Waals surface area contributed by atoms with E-state index in [0.717, 1.165) is 13.0 Å². The van der Waals surface area contributed by atoms with Crippen LogP contribution in [0.4, 0.5) is 0 Å². The molecule has 1 fully saturated rings. The third kappa shape index (κ3) is 5.04. The van der Waals surface area contributed by atoms with Crippen LogP contribution in [0.15, 0.2) is 0 Å². The van der Waals surface area contributed by atoms with Crippen molar-refractivity contribution in [3.05, 3.63) is 0 Å². The number of nitrogens with zero attached hydrogens (tertiary/aromatic N) is 1. The molecular formula is C13H26N2O2. The molecule has 0 heterocycles. The molecule has 1 aliphatic rings. The van der Waals surface area contributed by atoms with Crippen molar-refractivity contribution in [2.24, 2.45) is 11.1 Å². The van der Waals surface area contributed by atoms with Gasteiger partial charge in [-0.1, -0.05) is 20.8 Å². The zero-order valence-corrected chi connectivity index (χ0v) is 11.3. The second-order valence-corrected chi connectivity index (χ2v) is 5.96. The minimum absolute atomic E-state index is 0.230. The zero-order valence-electron chi connectivity index (χ0n) is 11.3. The van der Waals surface area contributed by atoms with Gasteiger partial charge in [-0.15, -0.1) is 0 Å². The van der Waals surface area contributed by atoms with Gasteiger partial charge in [0.2, 0.25) is 5.91 Å². The normalized spacial score (nSPS) is 18.4. The van der Waals surface area contributed by atoms with Gasteiger partial charge in [0, 0.05) is 19.0 Å². The molecule has 0 radical (unpaired) electrons. The van der Waals surface area contributed by atoms with E-state index in [0.29, 0.717) is 18.9 Å². The fourth-order valence-corrected chi connectivity index (χ4v) is 2.39. The monoisotopic (exact) mass is 242 g/mol. The highest BCUT2D eigenvalue weighted by atomic mass is 16.3. The van der Waals surface area contributed by atoms with Crippen molar-refractivity contribution in [2.75, 3.05) is 6.54 Å². The van der Waals surface area contributed by atoms with Gasteiger partial charge in [0.25, 0.3) is 0 Å². The molecule has 0 spiro atoms. The van der Waals surface area contributed by atoms with Crippen molar-refractivity contribution >= 4 is 5.91 Å². The van der Waals surface area contributed by atoms with Gasteiger partial charge >= 0.3 is 0 Å². The molecule has 3 N–H and O–H groups in total. The molecule has 1 atom stereocenters. The van der Waals surface area contributed by atoms with Gasteiger partial charge in [0.05, 0.1) is 0 Å². The largest absolute Gasteiger partial charge is 0.378 e. The molecule has 4 nitrogen and oxygen atoms in total. The molecule has 1 rings (SSSR count). The van der Waals surface area contributed by atoms with Crippen molar-refractivity contribution in [1.29, 1.82) is 0 Å². The summed E-state index contributed by atoms with van der Waals surface area (Å²) in [6.07, 6.45) is 3.91. The van der Waals surface area contributed by atoms with Crippen molar-refractivity contribution in [1.82, 2.24) is 4.90 Å². The Kier molecular flexibility index (Phi) is 4.95. The van der Waals surface area contributed by atoms with E-state index in [1.807, 2.05) is 13.8 Å². The predicted octanol–water partition coefficient (Wildman–Crippen LogP) is 1.47. The third-order valence-electron chi connectivity index (χ3n) is 3.27. The Morgan fingerprint density at radius 1 is 1.53 bits per heavy atom. The summed E-state index contributed by atoms with van der Waals surface area (Å²) in [4.78, 5) is 13.1. The summed E-state index contributed by atoms with van der Waals surface area (Å²) in [6, 6.07) is 0.550. The first kappa shape index (κ1) is 14.5. The number of hydrogen-bond donors (Lipinski definition) is 2. The maximum atomic E-state index is 11.0. The topological polar surface area (TPSA) is 66.6 Å². The van der Waals surface area contributed by atoms with Crippen LogP contribution in [-0.2, 0) is 4.79 Å². The summed E-state index contributed by atoms with van der Waals surface area (Å²) in [7, 11) is 0. The molecule has 100 valence electrons. The van der Waals surface area contributed by atoms with Crippen LogP contribution < -0.4 is 5.73 Å². The molecule has 17 heavy (non-hydrogen) atoms. The first-order valence-corrected chi connectivity index (χ1v) is 6.58. The maximum absolute atomic E-state index is 11.0. The first-order valence-electron chi connectivity index (χ1n) is 6.58. The number of aliphatic hydroxyl groups excluding tert-OH is 1. The highest BCUT2D eigenvalue weighted by Gasteiger charge is 2.35. The molecule has 0 aliphatic heterocycles. The predicted molar refractivity (Wildman–Crippen MR) is 68.2 cm³/mol. The molecule has 0 saturated heterocycles. The van der Waals surface area contributed by atoms with E-state index in [9.17, 15) is 9.90 Å². The smallest absolute Gasteiger partial charge is 0.217 e. The fourth-order valence-electron chi connectivity index (χ4n) is 2.39. The van der Waals surface area contributed by atoms with E-state index in [1.165, 1.54) is 12.8 Å². The van der Waals surface area contributed by atoms with Crippen LogP contribution in [0.3, 0.4) is 0 Å². The van der Waals surface area contributed by atoms with E-state index >= 15 is 0 Å². The number of aliphatic hydroxyl groups is 1. The molecule has 0 aromatic carbocycles. The van der Waals surface area contributed by atoms with Crippen LogP contribution in [0.25, 0.3) is 0 Å². The quantitative estimate of drug-likeness (QED) is 0.633. The number of nitrogens with two attached hydrogens (primary N) is 1. The number of primary amides is 1. The zero-order chi connectivity index (χ0) is 13.1. The van der Waals surface area contributed by atoms with Gasteiger partial charge in [0.15, 0.2) is 0 Å². The number of rotatable bonds is 8. The summed E-state index contributed by atoms with van der Waals surface area (Å²) in [5, 5.41) is 10.3. The van der Waals surface area contributed by atoms with Crippen molar-refractivity contribution < 1.29 is 9.90 Å². The molecule has 1 amide bonds. The summed E-state index contributed by atoms with van der Waals surface area (Å²) < 4.78 is 0. The Bertz CT molecular complexity index is 262. The second kappa shape index (κ2) is 5.83. The Morgan fingerprint density at radius 3 is 2.53 bits per heavy atom. The van der Waals surface area contributed by atoms with E-state index in [2.05, 4.69) is 11.8 Å². The summed E-state index contributed by atoms with van der Waals surface area (Å²) >= 11 is 0. The van der Waals surface area contributed by atoms with E-state index < -0.39 is 6.23 Å². The van der Waals surface area contributed by atoms with Gasteiger partial charge in [-0.3, -0.25) is 9.69 Å². The van der Waals surface area contributed by atoms with Crippen molar-refractivity contribution in [3.63, 3.8) is 0 Å². The summed E-state index contributed by atoms with van der Waals surface area (Å²) in [6.45, 7) is 7.02. The lowest BCUT2D eigenvalue weighted by Crippen LogP contribution is -2.41. The van der Waals surface area contributed by atoms with Gasteiger partial charge in [0.1, 0.15) is 6.23 Å². The molecule has 1 unspecified atom stereocenters. The Morgan fingerprint density at radius 2 is 2.12 bits per heavy atom. The standard InChI is InChI=1S/C13H26N2O2/c1-4-7-15(10-5-6-10)12(17)9-13(2,3)8-11(14)16/h10,12,17H,4-9H2,1-3H3,(H2,14,16). The Labute approximate surface area is 104 Å². The highest BCUT2D eigenvalue weighted by molar-refractivity contribution is 5.74. The Hall–Kier alpha value is -0.610. The lowest BCUT2D eigenvalue weighted by Gasteiger charge is -2.33.